The number of rotatable bonds is 4. The molecule has 8 heteroatoms. The molecule has 0 N–H and O–H groups in total. The fraction of sp³-hybridized carbons (Fsp3) is 0.333. The predicted molar refractivity (Wildman–Crippen MR) is 96.5 cm³/mol. The van der Waals surface area contributed by atoms with Crippen LogP contribution < -0.4 is 19.1 Å². The summed E-state index contributed by atoms with van der Waals surface area (Å²) in [6, 6.07) is 12.5. The summed E-state index contributed by atoms with van der Waals surface area (Å²) in [4.78, 5) is 2.39. The number of nitrogens with zero attached hydrogens (tertiary/aromatic N) is 2. The number of hydrogen-bond acceptors (Lipinski definition) is 6. The third-order valence-electron chi connectivity index (χ3n) is 4.64. The molecular formula is C18H20N2O5S. The van der Waals surface area contributed by atoms with E-state index in [1.165, 1.54) is 10.4 Å². The van der Waals surface area contributed by atoms with E-state index in [-0.39, 0.29) is 11.7 Å². The highest BCUT2D eigenvalue weighted by molar-refractivity contribution is 7.89. The van der Waals surface area contributed by atoms with Crippen LogP contribution in [0.2, 0.25) is 0 Å². The summed E-state index contributed by atoms with van der Waals surface area (Å²) in [5.41, 5.74) is 1.03. The van der Waals surface area contributed by atoms with Gasteiger partial charge in [-0.3, -0.25) is 0 Å². The molecule has 2 heterocycles. The van der Waals surface area contributed by atoms with E-state index in [0.29, 0.717) is 37.7 Å². The molecule has 0 radical (unpaired) electrons. The van der Waals surface area contributed by atoms with E-state index in [2.05, 4.69) is 4.90 Å². The van der Waals surface area contributed by atoms with Crippen molar-refractivity contribution in [3.63, 3.8) is 0 Å². The molecule has 0 bridgehead atoms. The molecule has 1 fully saturated rings. The Morgan fingerprint density at radius 1 is 0.962 bits per heavy atom. The highest BCUT2D eigenvalue weighted by atomic mass is 32.2. The first-order valence-electron chi connectivity index (χ1n) is 8.37. The van der Waals surface area contributed by atoms with E-state index in [9.17, 15) is 8.42 Å². The first kappa shape index (κ1) is 17.0. The van der Waals surface area contributed by atoms with Crippen molar-refractivity contribution in [3.05, 3.63) is 42.5 Å². The van der Waals surface area contributed by atoms with E-state index in [0.717, 1.165) is 11.4 Å². The molecule has 4 rings (SSSR count). The smallest absolute Gasteiger partial charge is 0.243 e. The van der Waals surface area contributed by atoms with Crippen LogP contribution in [0.1, 0.15) is 0 Å². The minimum atomic E-state index is -3.56. The van der Waals surface area contributed by atoms with E-state index in [1.54, 1.807) is 19.2 Å². The molecule has 138 valence electrons. The Balaban J connectivity index is 1.48. The number of methoxy groups -OCH3 is 1. The second kappa shape index (κ2) is 6.69. The summed E-state index contributed by atoms with van der Waals surface area (Å²) in [6.07, 6.45) is 0. The fourth-order valence-corrected chi connectivity index (χ4v) is 4.62. The molecule has 0 atom stereocenters. The molecule has 0 saturated carbocycles. The van der Waals surface area contributed by atoms with Crippen molar-refractivity contribution in [1.29, 1.82) is 0 Å². The van der Waals surface area contributed by atoms with Crippen LogP contribution in [-0.4, -0.2) is 52.8 Å². The molecule has 26 heavy (non-hydrogen) atoms. The van der Waals surface area contributed by atoms with Gasteiger partial charge in [0.05, 0.1) is 12.0 Å². The van der Waals surface area contributed by atoms with Crippen molar-refractivity contribution in [2.24, 2.45) is 0 Å². The Morgan fingerprint density at radius 2 is 1.73 bits per heavy atom. The van der Waals surface area contributed by atoms with Gasteiger partial charge in [-0.2, -0.15) is 4.31 Å². The van der Waals surface area contributed by atoms with E-state index in [1.807, 2.05) is 24.3 Å². The Hall–Kier alpha value is -2.45. The standard InChI is InChI=1S/C18H20N2O5S/c1-23-15-4-2-3-14(11-15)19-7-9-20(10-8-19)26(21,22)16-5-6-17-18(12-16)25-13-24-17/h2-6,11-12H,7-10,13H2,1H3. The van der Waals surface area contributed by atoms with Gasteiger partial charge in [0.25, 0.3) is 0 Å². The van der Waals surface area contributed by atoms with Crippen molar-refractivity contribution in [3.8, 4) is 17.2 Å². The van der Waals surface area contributed by atoms with Crippen LogP contribution in [-0.2, 0) is 10.0 Å². The molecule has 0 aromatic heterocycles. The zero-order valence-corrected chi connectivity index (χ0v) is 15.2. The highest BCUT2D eigenvalue weighted by Gasteiger charge is 2.30. The maximum Gasteiger partial charge on any atom is 0.243 e. The van der Waals surface area contributed by atoms with Crippen LogP contribution in [0.5, 0.6) is 17.2 Å². The third kappa shape index (κ3) is 3.06. The summed E-state index contributed by atoms with van der Waals surface area (Å²) >= 11 is 0. The molecule has 2 aliphatic rings. The Labute approximate surface area is 152 Å². The minimum Gasteiger partial charge on any atom is -0.497 e. The van der Waals surface area contributed by atoms with Gasteiger partial charge in [-0.25, -0.2) is 8.42 Å². The van der Waals surface area contributed by atoms with Gasteiger partial charge in [-0.05, 0) is 24.3 Å². The van der Waals surface area contributed by atoms with Crippen molar-refractivity contribution in [2.45, 2.75) is 4.90 Å². The van der Waals surface area contributed by atoms with E-state index in [4.69, 9.17) is 14.2 Å². The molecule has 2 aromatic carbocycles. The normalized spacial score (nSPS) is 17.3. The Morgan fingerprint density at radius 3 is 2.50 bits per heavy atom. The van der Waals surface area contributed by atoms with Gasteiger partial charge in [0, 0.05) is 44.0 Å². The lowest BCUT2D eigenvalue weighted by Crippen LogP contribution is -2.48. The van der Waals surface area contributed by atoms with Crippen molar-refractivity contribution < 1.29 is 22.6 Å². The molecule has 2 aliphatic heterocycles. The first-order valence-corrected chi connectivity index (χ1v) is 9.81. The summed E-state index contributed by atoms with van der Waals surface area (Å²) in [6.45, 7) is 2.22. The maximum atomic E-state index is 12.9. The summed E-state index contributed by atoms with van der Waals surface area (Å²) in [5, 5.41) is 0. The second-order valence-corrected chi connectivity index (χ2v) is 8.05. The maximum absolute atomic E-state index is 12.9. The Bertz CT molecular complexity index is 908. The van der Waals surface area contributed by atoms with Crippen LogP contribution in [0.4, 0.5) is 5.69 Å². The number of anilines is 1. The fourth-order valence-electron chi connectivity index (χ4n) is 3.18. The van der Waals surface area contributed by atoms with Crippen LogP contribution in [0.25, 0.3) is 0 Å². The van der Waals surface area contributed by atoms with Crippen LogP contribution in [0.15, 0.2) is 47.4 Å². The number of fused-ring (bicyclic) bond motifs is 1. The lowest BCUT2D eigenvalue weighted by molar-refractivity contribution is 0.174. The van der Waals surface area contributed by atoms with Gasteiger partial charge < -0.3 is 19.1 Å². The molecule has 0 unspecified atom stereocenters. The van der Waals surface area contributed by atoms with Crippen LogP contribution in [0.3, 0.4) is 0 Å². The van der Waals surface area contributed by atoms with E-state index >= 15 is 0 Å². The number of benzene rings is 2. The number of ether oxygens (including phenoxy) is 3. The summed E-state index contributed by atoms with van der Waals surface area (Å²) in [5.74, 6) is 1.84. The van der Waals surface area contributed by atoms with Gasteiger partial charge in [-0.1, -0.05) is 6.07 Å². The molecule has 0 aliphatic carbocycles. The van der Waals surface area contributed by atoms with Gasteiger partial charge >= 0.3 is 0 Å². The van der Waals surface area contributed by atoms with Gasteiger partial charge in [0.2, 0.25) is 16.8 Å². The average Bonchev–Trinajstić information content (AvgIpc) is 3.16. The lowest BCUT2D eigenvalue weighted by atomic mass is 10.2. The van der Waals surface area contributed by atoms with Crippen molar-refractivity contribution >= 4 is 15.7 Å². The SMILES string of the molecule is COc1cccc(N2CCN(S(=O)(=O)c3ccc4c(c3)OCO4)CC2)c1. The zero-order valence-electron chi connectivity index (χ0n) is 14.4. The molecular weight excluding hydrogens is 356 g/mol. The van der Waals surface area contributed by atoms with Crippen molar-refractivity contribution in [2.75, 3.05) is 45.0 Å². The highest BCUT2D eigenvalue weighted by Crippen LogP contribution is 2.35. The lowest BCUT2D eigenvalue weighted by Gasteiger charge is -2.35. The predicted octanol–water partition coefficient (Wildman–Crippen LogP) is 1.93. The summed E-state index contributed by atoms with van der Waals surface area (Å²) < 4.78 is 43.2. The third-order valence-corrected chi connectivity index (χ3v) is 6.53. The Kier molecular flexibility index (Phi) is 4.37. The number of hydrogen-bond donors (Lipinski definition) is 0. The van der Waals surface area contributed by atoms with E-state index < -0.39 is 10.0 Å². The molecule has 7 nitrogen and oxygen atoms in total. The molecule has 0 amide bonds. The van der Waals surface area contributed by atoms with Gasteiger partial charge in [0.15, 0.2) is 11.5 Å². The van der Waals surface area contributed by atoms with Crippen LogP contribution >= 0.6 is 0 Å². The van der Waals surface area contributed by atoms with Crippen molar-refractivity contribution in [1.82, 2.24) is 4.31 Å². The average molecular weight is 376 g/mol. The molecule has 2 aromatic rings. The quantitative estimate of drug-likeness (QED) is 0.812. The zero-order chi connectivity index (χ0) is 18.1. The monoisotopic (exact) mass is 376 g/mol. The van der Waals surface area contributed by atoms with Gasteiger partial charge in [-0.15, -0.1) is 0 Å². The van der Waals surface area contributed by atoms with Gasteiger partial charge in [0.1, 0.15) is 5.75 Å². The minimum absolute atomic E-state index is 0.123. The number of piperazine rings is 1. The first-order chi connectivity index (χ1) is 12.6. The largest absolute Gasteiger partial charge is 0.497 e. The van der Waals surface area contributed by atoms with Crippen LogP contribution in [0, 0.1) is 0 Å². The molecule has 1 saturated heterocycles. The number of sulfonamides is 1. The topological polar surface area (TPSA) is 68.3 Å². The molecule has 0 spiro atoms. The summed E-state index contributed by atoms with van der Waals surface area (Å²) in [7, 11) is -1.92. The second-order valence-electron chi connectivity index (χ2n) is 6.11.